The van der Waals surface area contributed by atoms with Crippen LogP contribution in [0.5, 0.6) is 0 Å². The number of alkyl halides is 2. The summed E-state index contributed by atoms with van der Waals surface area (Å²) in [6.45, 7) is 5.08. The van der Waals surface area contributed by atoms with Crippen LogP contribution in [0.15, 0.2) is 41.5 Å². The summed E-state index contributed by atoms with van der Waals surface area (Å²) in [6.07, 6.45) is 2.30. The number of aromatic nitrogens is 1. The van der Waals surface area contributed by atoms with Crippen molar-refractivity contribution in [1.29, 1.82) is 5.26 Å². The molecule has 3 atom stereocenters. The SMILES string of the molecule is C[C@@H]1C(F)(F)C(C(C)(C)O)SC(N)=N[C@]1(C)c1cc(/C=C(\F)c2ccc(C#N)cn2)ccc1F. The molecule has 0 amide bonds. The van der Waals surface area contributed by atoms with Gasteiger partial charge in [-0.25, -0.2) is 17.6 Å². The number of hydrogen-bond acceptors (Lipinski definition) is 6. The smallest absolute Gasteiger partial charge is 0.268 e. The van der Waals surface area contributed by atoms with Gasteiger partial charge in [0.2, 0.25) is 0 Å². The molecule has 2 aromatic rings. The summed E-state index contributed by atoms with van der Waals surface area (Å²) < 4.78 is 60.9. The molecule has 3 rings (SSSR count). The van der Waals surface area contributed by atoms with E-state index in [2.05, 4.69) is 9.98 Å². The van der Waals surface area contributed by atoms with Crippen molar-refractivity contribution in [2.75, 3.05) is 0 Å². The van der Waals surface area contributed by atoms with E-state index >= 15 is 8.78 Å². The Morgan fingerprint density at radius 3 is 2.53 bits per heavy atom. The number of aliphatic hydroxyl groups is 1. The Hall–Kier alpha value is -2.90. The number of nitrogens with zero attached hydrogens (tertiary/aromatic N) is 3. The minimum Gasteiger partial charge on any atom is -0.389 e. The van der Waals surface area contributed by atoms with Crippen molar-refractivity contribution >= 4 is 28.8 Å². The van der Waals surface area contributed by atoms with E-state index in [9.17, 15) is 13.9 Å². The molecule has 34 heavy (non-hydrogen) atoms. The number of thioether (sulfide) groups is 1. The first-order valence-corrected chi connectivity index (χ1v) is 11.2. The van der Waals surface area contributed by atoms with Gasteiger partial charge in [-0.2, -0.15) is 5.26 Å². The number of halogens is 4. The van der Waals surface area contributed by atoms with Crippen molar-refractivity contribution < 1.29 is 22.7 Å². The Balaban J connectivity index is 2.09. The average Bonchev–Trinajstić information content (AvgIpc) is 2.83. The largest absolute Gasteiger partial charge is 0.389 e. The van der Waals surface area contributed by atoms with E-state index in [1.807, 2.05) is 6.07 Å². The Morgan fingerprint density at radius 2 is 1.97 bits per heavy atom. The molecule has 1 unspecified atom stereocenters. The Bertz CT molecular complexity index is 1180. The summed E-state index contributed by atoms with van der Waals surface area (Å²) in [4.78, 5) is 8.12. The van der Waals surface area contributed by atoms with Crippen molar-refractivity contribution in [3.05, 3.63) is 64.7 Å². The van der Waals surface area contributed by atoms with Gasteiger partial charge in [0.1, 0.15) is 23.0 Å². The maximum absolute atomic E-state index is 15.6. The lowest BCUT2D eigenvalue weighted by Gasteiger charge is -2.41. The predicted octanol–water partition coefficient (Wildman–Crippen LogP) is 5.25. The molecule has 1 aromatic carbocycles. The quantitative estimate of drug-likeness (QED) is 0.569. The molecule has 0 spiro atoms. The zero-order valence-corrected chi connectivity index (χ0v) is 19.8. The third-order valence-corrected chi connectivity index (χ3v) is 7.42. The topological polar surface area (TPSA) is 95.3 Å². The van der Waals surface area contributed by atoms with Crippen LogP contribution in [0.4, 0.5) is 17.6 Å². The van der Waals surface area contributed by atoms with E-state index in [0.29, 0.717) is 11.8 Å². The molecule has 0 saturated carbocycles. The van der Waals surface area contributed by atoms with Gasteiger partial charge >= 0.3 is 0 Å². The summed E-state index contributed by atoms with van der Waals surface area (Å²) in [5, 5.41) is 17.4. The van der Waals surface area contributed by atoms with E-state index in [4.69, 9.17) is 11.0 Å². The van der Waals surface area contributed by atoms with Gasteiger partial charge in [-0.15, -0.1) is 0 Å². The van der Waals surface area contributed by atoms with Crippen LogP contribution in [0.2, 0.25) is 0 Å². The number of pyridine rings is 1. The van der Waals surface area contributed by atoms with Gasteiger partial charge in [-0.05, 0) is 56.7 Å². The van der Waals surface area contributed by atoms with Crippen LogP contribution in [0.25, 0.3) is 11.9 Å². The molecule has 10 heteroatoms. The average molecular weight is 493 g/mol. The van der Waals surface area contributed by atoms with Gasteiger partial charge in [0.25, 0.3) is 5.92 Å². The molecule has 0 saturated heterocycles. The van der Waals surface area contributed by atoms with E-state index < -0.39 is 39.9 Å². The molecule has 0 aliphatic carbocycles. The van der Waals surface area contributed by atoms with Crippen molar-refractivity contribution in [1.82, 2.24) is 4.98 Å². The fourth-order valence-electron chi connectivity index (χ4n) is 3.90. The molecule has 2 heterocycles. The summed E-state index contributed by atoms with van der Waals surface area (Å²) in [6, 6.07) is 8.20. The maximum Gasteiger partial charge on any atom is 0.268 e. The highest BCUT2D eigenvalue weighted by Crippen LogP contribution is 2.52. The minimum absolute atomic E-state index is 0.0443. The molecule has 1 aromatic heterocycles. The molecule has 0 radical (unpaired) electrons. The summed E-state index contributed by atoms with van der Waals surface area (Å²) in [5.74, 6) is -6.61. The number of amidine groups is 1. The second-order valence-corrected chi connectivity index (χ2v) is 10.0. The third kappa shape index (κ3) is 4.81. The van der Waals surface area contributed by atoms with Crippen molar-refractivity contribution in [2.24, 2.45) is 16.6 Å². The highest BCUT2D eigenvalue weighted by atomic mass is 32.2. The molecule has 3 N–H and O–H groups in total. The van der Waals surface area contributed by atoms with Gasteiger partial charge in [-0.3, -0.25) is 9.98 Å². The molecule has 5 nitrogen and oxygen atoms in total. The first-order valence-electron chi connectivity index (χ1n) is 10.4. The number of hydrogen-bond donors (Lipinski definition) is 2. The molecule has 1 aliphatic rings. The third-order valence-electron chi connectivity index (χ3n) is 5.96. The normalized spacial score (nSPS) is 25.3. The summed E-state index contributed by atoms with van der Waals surface area (Å²) in [5.41, 5.74) is 2.55. The minimum atomic E-state index is -3.49. The molecule has 0 bridgehead atoms. The molecular weight excluding hydrogens is 468 g/mol. The van der Waals surface area contributed by atoms with Crippen molar-refractivity contribution in [3.8, 4) is 6.07 Å². The number of benzene rings is 1. The fraction of sp³-hybridized carbons (Fsp3) is 0.375. The lowest BCUT2D eigenvalue weighted by atomic mass is 9.74. The maximum atomic E-state index is 15.6. The van der Waals surface area contributed by atoms with E-state index in [1.54, 1.807) is 0 Å². The van der Waals surface area contributed by atoms with Crippen molar-refractivity contribution in [2.45, 2.75) is 50.0 Å². The van der Waals surface area contributed by atoms with Crippen LogP contribution >= 0.6 is 11.8 Å². The zero-order valence-electron chi connectivity index (χ0n) is 19.0. The van der Waals surface area contributed by atoms with Crippen LogP contribution in [-0.4, -0.2) is 32.0 Å². The number of nitriles is 1. The van der Waals surface area contributed by atoms with E-state index in [0.717, 1.165) is 12.1 Å². The highest BCUT2D eigenvalue weighted by molar-refractivity contribution is 8.14. The lowest BCUT2D eigenvalue weighted by Crippen LogP contribution is -2.53. The zero-order chi connectivity index (χ0) is 25.5. The number of nitrogens with two attached hydrogens (primary N) is 1. The van der Waals surface area contributed by atoms with Gasteiger partial charge in [-0.1, -0.05) is 24.8 Å². The second-order valence-electron chi connectivity index (χ2n) is 8.92. The van der Waals surface area contributed by atoms with Crippen molar-refractivity contribution in [3.63, 3.8) is 0 Å². The van der Waals surface area contributed by atoms with Gasteiger partial charge in [0, 0.05) is 11.8 Å². The molecule has 0 fully saturated rings. The highest BCUT2D eigenvalue weighted by Gasteiger charge is 2.60. The van der Waals surface area contributed by atoms with Gasteiger partial charge in [0.15, 0.2) is 5.17 Å². The second kappa shape index (κ2) is 9.04. The molecule has 180 valence electrons. The standard InChI is InChI=1S/C24H24F4N4OS/c1-13-23(4,32-21(30)34-20(22(2,3)33)24(13,27)28)16-9-14(5-7-17(16)25)10-18(26)19-8-6-15(11-29)12-31-19/h5-10,12-13,20,33H,1-4H3,(H2,30,32)/b18-10-/t13-,20?,23-/m0/s1. The Labute approximate surface area is 199 Å². The van der Waals surface area contributed by atoms with E-state index in [1.165, 1.54) is 58.2 Å². The van der Waals surface area contributed by atoms with Crippen LogP contribution in [0.1, 0.15) is 50.1 Å². The van der Waals surface area contributed by atoms with Gasteiger partial charge < -0.3 is 10.8 Å². The molecular formula is C24H24F4N4OS. The number of rotatable bonds is 4. The van der Waals surface area contributed by atoms with Crippen LogP contribution in [0.3, 0.4) is 0 Å². The van der Waals surface area contributed by atoms with Gasteiger partial charge in [0.05, 0.1) is 28.3 Å². The lowest BCUT2D eigenvalue weighted by molar-refractivity contribution is -0.117. The predicted molar refractivity (Wildman–Crippen MR) is 125 cm³/mol. The Morgan fingerprint density at radius 1 is 1.29 bits per heavy atom. The molecule has 1 aliphatic heterocycles. The summed E-state index contributed by atoms with van der Waals surface area (Å²) >= 11 is 0.545. The van der Waals surface area contributed by atoms with Crippen LogP contribution in [0, 0.1) is 23.1 Å². The first-order chi connectivity index (χ1) is 15.7. The van der Waals surface area contributed by atoms with Crippen LogP contribution < -0.4 is 5.73 Å². The Kier molecular flexibility index (Phi) is 6.84. The fourth-order valence-corrected chi connectivity index (χ4v) is 5.04. The monoisotopic (exact) mass is 492 g/mol. The first kappa shape index (κ1) is 25.7. The van der Waals surface area contributed by atoms with Crippen LogP contribution in [-0.2, 0) is 5.54 Å². The number of aliphatic imine (C=N–C) groups is 1. The van der Waals surface area contributed by atoms with E-state index in [-0.39, 0.29) is 27.6 Å². The summed E-state index contributed by atoms with van der Waals surface area (Å²) in [7, 11) is 0.